The summed E-state index contributed by atoms with van der Waals surface area (Å²) in [6.45, 7) is 2.86. The fourth-order valence-electron chi connectivity index (χ4n) is 2.87. The van der Waals surface area contributed by atoms with Gasteiger partial charge in [-0.15, -0.1) is 0 Å². The number of rotatable bonds is 4. The Balaban J connectivity index is 1.53. The summed E-state index contributed by atoms with van der Waals surface area (Å²) in [5.41, 5.74) is 0.978. The molecule has 0 N–H and O–H groups in total. The number of halogens is 2. The highest BCUT2D eigenvalue weighted by molar-refractivity contribution is 6.30. The molecule has 1 aliphatic rings. The van der Waals surface area contributed by atoms with Crippen LogP contribution < -0.4 is 9.64 Å². The third kappa shape index (κ3) is 4.86. The van der Waals surface area contributed by atoms with E-state index in [9.17, 15) is 9.18 Å². The fourth-order valence-corrected chi connectivity index (χ4v) is 3.05. The second-order valence-corrected chi connectivity index (χ2v) is 6.38. The highest BCUT2D eigenvalue weighted by Gasteiger charge is 2.19. The van der Waals surface area contributed by atoms with Crippen molar-refractivity contribution in [2.45, 2.75) is 6.42 Å². The van der Waals surface area contributed by atoms with E-state index in [2.05, 4.69) is 4.90 Å². The first-order valence-corrected chi connectivity index (χ1v) is 8.66. The number of hydrogen-bond donors (Lipinski definition) is 0. The van der Waals surface area contributed by atoms with Crippen LogP contribution in [0.15, 0.2) is 48.5 Å². The van der Waals surface area contributed by atoms with Crippen LogP contribution in [0.4, 0.5) is 10.1 Å². The van der Waals surface area contributed by atoms with Gasteiger partial charge in [0.05, 0.1) is 0 Å². The zero-order valence-electron chi connectivity index (χ0n) is 13.8. The minimum atomic E-state index is -0.242. The topological polar surface area (TPSA) is 32.8 Å². The summed E-state index contributed by atoms with van der Waals surface area (Å²) >= 11 is 5.91. The summed E-state index contributed by atoms with van der Waals surface area (Å²) in [5.74, 6) is 0.304. The van der Waals surface area contributed by atoms with Gasteiger partial charge in [0.2, 0.25) is 0 Å². The molecule has 4 nitrogen and oxygen atoms in total. The third-order valence-corrected chi connectivity index (χ3v) is 4.43. The Morgan fingerprint density at radius 2 is 1.88 bits per heavy atom. The first-order chi connectivity index (χ1) is 12.1. The number of anilines is 1. The Kier molecular flexibility index (Phi) is 5.76. The average Bonchev–Trinajstić information content (AvgIpc) is 2.87. The van der Waals surface area contributed by atoms with E-state index in [0.29, 0.717) is 30.4 Å². The Bertz CT molecular complexity index is 724. The Morgan fingerprint density at radius 1 is 1.08 bits per heavy atom. The van der Waals surface area contributed by atoms with Crippen LogP contribution in [0.3, 0.4) is 0 Å². The van der Waals surface area contributed by atoms with Crippen molar-refractivity contribution >= 4 is 23.2 Å². The van der Waals surface area contributed by atoms with Gasteiger partial charge in [0.25, 0.3) is 5.91 Å². The minimum absolute atomic E-state index is 0.00308. The lowest BCUT2D eigenvalue weighted by molar-refractivity contribution is -0.133. The first-order valence-electron chi connectivity index (χ1n) is 8.28. The quantitative estimate of drug-likeness (QED) is 0.833. The van der Waals surface area contributed by atoms with Crippen molar-refractivity contribution in [3.05, 3.63) is 59.4 Å². The van der Waals surface area contributed by atoms with E-state index in [1.165, 1.54) is 12.1 Å². The maximum Gasteiger partial charge on any atom is 0.260 e. The van der Waals surface area contributed by atoms with Crippen LogP contribution in [0.25, 0.3) is 0 Å². The molecule has 2 aromatic carbocycles. The molecule has 25 heavy (non-hydrogen) atoms. The van der Waals surface area contributed by atoms with Crippen molar-refractivity contribution in [3.8, 4) is 5.75 Å². The minimum Gasteiger partial charge on any atom is -0.484 e. The molecule has 0 spiro atoms. The van der Waals surface area contributed by atoms with E-state index in [4.69, 9.17) is 16.3 Å². The Labute approximate surface area is 151 Å². The smallest absolute Gasteiger partial charge is 0.260 e. The number of ether oxygens (including phenoxy) is 1. The average molecular weight is 363 g/mol. The normalized spacial score (nSPS) is 15.0. The van der Waals surface area contributed by atoms with Crippen LogP contribution in [0.5, 0.6) is 5.75 Å². The maximum atomic E-state index is 13.1. The van der Waals surface area contributed by atoms with Crippen molar-refractivity contribution in [3.63, 3.8) is 0 Å². The molecule has 0 radical (unpaired) electrons. The van der Waals surface area contributed by atoms with Crippen LogP contribution in [0, 0.1) is 5.82 Å². The van der Waals surface area contributed by atoms with E-state index in [-0.39, 0.29) is 18.3 Å². The summed E-state index contributed by atoms with van der Waals surface area (Å²) in [7, 11) is 0. The fraction of sp³-hybridized carbons (Fsp3) is 0.316. The first kappa shape index (κ1) is 17.5. The molecule has 1 amide bonds. The molecular formula is C19H20ClFN2O2. The number of hydrogen-bond acceptors (Lipinski definition) is 3. The van der Waals surface area contributed by atoms with Crippen LogP contribution in [0.2, 0.25) is 5.02 Å². The predicted molar refractivity (Wildman–Crippen MR) is 96.8 cm³/mol. The second-order valence-electron chi connectivity index (χ2n) is 5.94. The monoisotopic (exact) mass is 362 g/mol. The van der Waals surface area contributed by atoms with Gasteiger partial charge in [0.15, 0.2) is 6.61 Å². The zero-order chi connectivity index (χ0) is 17.6. The molecule has 1 saturated heterocycles. The van der Waals surface area contributed by atoms with Crippen molar-refractivity contribution in [2.75, 3.05) is 37.7 Å². The summed E-state index contributed by atoms with van der Waals surface area (Å²) in [5, 5.41) is 0.578. The number of benzene rings is 2. The number of amides is 1. The summed E-state index contributed by atoms with van der Waals surface area (Å²) in [4.78, 5) is 16.4. The zero-order valence-corrected chi connectivity index (χ0v) is 14.6. The highest BCUT2D eigenvalue weighted by Crippen LogP contribution is 2.19. The number of carbonyl (C=O) groups excluding carboxylic acids is 1. The summed E-state index contributed by atoms with van der Waals surface area (Å²) in [6.07, 6.45) is 0.861. The van der Waals surface area contributed by atoms with Crippen molar-refractivity contribution < 1.29 is 13.9 Å². The largest absolute Gasteiger partial charge is 0.484 e. The Hall–Kier alpha value is -2.27. The molecule has 0 bridgehead atoms. The molecule has 0 aliphatic carbocycles. The van der Waals surface area contributed by atoms with E-state index >= 15 is 0 Å². The van der Waals surface area contributed by atoms with E-state index in [1.807, 2.05) is 4.90 Å². The van der Waals surface area contributed by atoms with Gasteiger partial charge in [-0.1, -0.05) is 17.7 Å². The van der Waals surface area contributed by atoms with E-state index in [1.54, 1.807) is 36.4 Å². The van der Waals surface area contributed by atoms with Gasteiger partial charge in [-0.2, -0.15) is 0 Å². The molecule has 0 aromatic heterocycles. The van der Waals surface area contributed by atoms with Crippen molar-refractivity contribution in [1.29, 1.82) is 0 Å². The molecule has 1 fully saturated rings. The maximum absolute atomic E-state index is 13.1. The van der Waals surface area contributed by atoms with Crippen LogP contribution >= 0.6 is 11.6 Å². The van der Waals surface area contributed by atoms with Gasteiger partial charge < -0.3 is 14.5 Å². The van der Waals surface area contributed by atoms with Crippen molar-refractivity contribution in [1.82, 2.24) is 4.90 Å². The van der Waals surface area contributed by atoms with Gasteiger partial charge in [0, 0.05) is 36.9 Å². The lowest BCUT2D eigenvalue weighted by Crippen LogP contribution is -2.38. The van der Waals surface area contributed by atoms with E-state index in [0.717, 1.165) is 18.7 Å². The lowest BCUT2D eigenvalue weighted by atomic mass is 10.2. The molecule has 0 atom stereocenters. The predicted octanol–water partition coefficient (Wildman–Crippen LogP) is 3.60. The molecule has 3 rings (SSSR count). The van der Waals surface area contributed by atoms with Gasteiger partial charge in [-0.3, -0.25) is 4.79 Å². The molecule has 1 heterocycles. The molecular weight excluding hydrogens is 343 g/mol. The van der Waals surface area contributed by atoms with Gasteiger partial charge in [-0.25, -0.2) is 4.39 Å². The van der Waals surface area contributed by atoms with Gasteiger partial charge >= 0.3 is 0 Å². The third-order valence-electron chi connectivity index (χ3n) is 4.20. The van der Waals surface area contributed by atoms with Gasteiger partial charge in [0.1, 0.15) is 11.6 Å². The molecule has 0 saturated carbocycles. The van der Waals surface area contributed by atoms with Crippen LogP contribution in [-0.2, 0) is 4.79 Å². The summed E-state index contributed by atoms with van der Waals surface area (Å²) in [6, 6.07) is 13.5. The standard InChI is InChI=1S/C19H20ClFN2O2/c20-15-3-1-4-18(13-15)25-14-19(24)23-10-2-9-22(11-12-23)17-7-5-16(21)6-8-17/h1,3-8,13H,2,9-12,14H2. The van der Waals surface area contributed by atoms with Gasteiger partial charge in [-0.05, 0) is 48.9 Å². The molecule has 132 valence electrons. The summed E-state index contributed by atoms with van der Waals surface area (Å²) < 4.78 is 18.6. The highest BCUT2D eigenvalue weighted by atomic mass is 35.5. The van der Waals surface area contributed by atoms with Crippen LogP contribution in [0.1, 0.15) is 6.42 Å². The lowest BCUT2D eigenvalue weighted by Gasteiger charge is -2.23. The number of nitrogens with zero attached hydrogens (tertiary/aromatic N) is 2. The van der Waals surface area contributed by atoms with E-state index < -0.39 is 0 Å². The molecule has 2 aromatic rings. The SMILES string of the molecule is O=C(COc1cccc(Cl)c1)N1CCCN(c2ccc(F)cc2)CC1. The molecule has 0 unspecified atom stereocenters. The Morgan fingerprint density at radius 3 is 2.64 bits per heavy atom. The second kappa shape index (κ2) is 8.21. The van der Waals surface area contributed by atoms with Crippen LogP contribution in [-0.4, -0.2) is 43.6 Å². The van der Waals surface area contributed by atoms with Crippen molar-refractivity contribution in [2.24, 2.45) is 0 Å². The molecule has 1 aliphatic heterocycles. The molecule has 6 heteroatoms. The number of carbonyl (C=O) groups is 1.